The summed E-state index contributed by atoms with van der Waals surface area (Å²) in [5.74, 6) is -0.313. The van der Waals surface area contributed by atoms with E-state index >= 15 is 0 Å². The van der Waals surface area contributed by atoms with Crippen molar-refractivity contribution in [3.8, 4) is 0 Å². The first-order valence-electron chi connectivity index (χ1n) is 5.43. The summed E-state index contributed by atoms with van der Waals surface area (Å²) in [5.41, 5.74) is 0.765. The number of fused-ring (bicyclic) bond motifs is 1. The van der Waals surface area contributed by atoms with Crippen molar-refractivity contribution in [1.82, 2.24) is 9.97 Å². The van der Waals surface area contributed by atoms with E-state index in [2.05, 4.69) is 9.97 Å². The molecule has 2 rings (SSSR count). The average molecular weight is 247 g/mol. The number of anilines is 1. The molecule has 6 heteroatoms. The molecule has 0 atom stereocenters. The maximum Gasteiger partial charge on any atom is 0.335 e. The monoisotopic (exact) mass is 247 g/mol. The molecular weight excluding hydrogens is 234 g/mol. The summed E-state index contributed by atoms with van der Waals surface area (Å²) in [6.07, 6.45) is 1.39. The molecule has 1 heterocycles. The molecule has 0 unspecified atom stereocenters. The molecule has 0 spiro atoms. The van der Waals surface area contributed by atoms with Gasteiger partial charge in [0.25, 0.3) is 0 Å². The SMILES string of the molecule is CN(CCO)c1ncnc2cc(C(=O)O)ccc12. The number of nitrogens with zero attached hydrogens (tertiary/aromatic N) is 3. The van der Waals surface area contributed by atoms with Crippen LogP contribution in [0.15, 0.2) is 24.5 Å². The number of aliphatic hydroxyl groups excluding tert-OH is 1. The normalized spacial score (nSPS) is 10.6. The van der Waals surface area contributed by atoms with Gasteiger partial charge in [0.15, 0.2) is 0 Å². The first-order valence-corrected chi connectivity index (χ1v) is 5.43. The van der Waals surface area contributed by atoms with Crippen LogP contribution < -0.4 is 4.90 Å². The van der Waals surface area contributed by atoms with Crippen LogP contribution in [-0.4, -0.2) is 46.3 Å². The lowest BCUT2D eigenvalue weighted by Gasteiger charge is -2.18. The highest BCUT2D eigenvalue weighted by molar-refractivity contribution is 5.96. The van der Waals surface area contributed by atoms with E-state index in [1.807, 2.05) is 7.05 Å². The molecule has 0 aliphatic rings. The Morgan fingerprint density at radius 2 is 2.17 bits per heavy atom. The molecule has 0 fully saturated rings. The minimum Gasteiger partial charge on any atom is -0.478 e. The van der Waals surface area contributed by atoms with Gasteiger partial charge in [0.2, 0.25) is 0 Å². The number of aliphatic hydroxyl groups is 1. The number of hydrogen-bond acceptors (Lipinski definition) is 5. The minimum absolute atomic E-state index is 0.0230. The van der Waals surface area contributed by atoms with Crippen LogP contribution in [-0.2, 0) is 0 Å². The van der Waals surface area contributed by atoms with E-state index in [9.17, 15) is 4.79 Å². The van der Waals surface area contributed by atoms with Gasteiger partial charge >= 0.3 is 5.97 Å². The number of carboxylic acid groups (broad SMARTS) is 1. The molecule has 0 bridgehead atoms. The van der Waals surface area contributed by atoms with Gasteiger partial charge in [-0.2, -0.15) is 0 Å². The third-order valence-electron chi connectivity index (χ3n) is 2.66. The fraction of sp³-hybridized carbons (Fsp3) is 0.250. The summed E-state index contributed by atoms with van der Waals surface area (Å²) in [5, 5.41) is 18.6. The lowest BCUT2D eigenvalue weighted by atomic mass is 10.1. The molecule has 0 saturated heterocycles. The van der Waals surface area contributed by atoms with Crippen LogP contribution in [0.4, 0.5) is 5.82 Å². The van der Waals surface area contributed by atoms with E-state index in [-0.39, 0.29) is 12.2 Å². The largest absolute Gasteiger partial charge is 0.478 e. The fourth-order valence-corrected chi connectivity index (χ4v) is 1.74. The zero-order chi connectivity index (χ0) is 13.1. The third-order valence-corrected chi connectivity index (χ3v) is 2.66. The number of carbonyl (C=O) groups is 1. The zero-order valence-corrected chi connectivity index (χ0v) is 9.87. The molecule has 0 aliphatic heterocycles. The highest BCUT2D eigenvalue weighted by Crippen LogP contribution is 2.22. The van der Waals surface area contributed by atoms with Gasteiger partial charge in [0, 0.05) is 19.0 Å². The summed E-state index contributed by atoms with van der Waals surface area (Å²) in [6, 6.07) is 4.71. The van der Waals surface area contributed by atoms with Crippen molar-refractivity contribution in [3.63, 3.8) is 0 Å². The molecular formula is C12H13N3O3. The standard InChI is InChI=1S/C12H13N3O3/c1-15(4-5-16)11-9-3-2-8(12(17)18)6-10(9)13-7-14-11/h2-3,6-7,16H,4-5H2,1H3,(H,17,18). The van der Waals surface area contributed by atoms with Crippen molar-refractivity contribution < 1.29 is 15.0 Å². The Bertz CT molecular complexity index is 586. The van der Waals surface area contributed by atoms with E-state index in [1.165, 1.54) is 18.5 Å². The highest BCUT2D eigenvalue weighted by Gasteiger charge is 2.10. The molecule has 0 saturated carbocycles. The number of likely N-dealkylation sites (N-methyl/N-ethyl adjacent to an activating group) is 1. The predicted molar refractivity (Wildman–Crippen MR) is 66.9 cm³/mol. The topological polar surface area (TPSA) is 86.5 Å². The van der Waals surface area contributed by atoms with Crippen molar-refractivity contribution in [2.75, 3.05) is 25.1 Å². The second-order valence-electron chi connectivity index (χ2n) is 3.88. The van der Waals surface area contributed by atoms with Crippen LogP contribution in [0.5, 0.6) is 0 Å². The maximum absolute atomic E-state index is 10.9. The van der Waals surface area contributed by atoms with E-state index in [4.69, 9.17) is 10.2 Å². The first kappa shape index (κ1) is 12.3. The van der Waals surface area contributed by atoms with Crippen LogP contribution in [0.25, 0.3) is 10.9 Å². The minimum atomic E-state index is -0.985. The van der Waals surface area contributed by atoms with Gasteiger partial charge in [-0.25, -0.2) is 14.8 Å². The number of aromatic carboxylic acids is 1. The summed E-state index contributed by atoms with van der Waals surface area (Å²) < 4.78 is 0. The predicted octanol–water partition coefficient (Wildman–Crippen LogP) is 0.756. The number of aromatic nitrogens is 2. The number of carboxylic acids is 1. The quantitative estimate of drug-likeness (QED) is 0.829. The summed E-state index contributed by atoms with van der Waals surface area (Å²) >= 11 is 0. The van der Waals surface area contributed by atoms with Gasteiger partial charge in [-0.05, 0) is 18.2 Å². The summed E-state index contributed by atoms with van der Waals surface area (Å²) in [6.45, 7) is 0.474. The van der Waals surface area contributed by atoms with Crippen LogP contribution in [0.3, 0.4) is 0 Å². The van der Waals surface area contributed by atoms with Gasteiger partial charge in [0.05, 0.1) is 17.7 Å². The lowest BCUT2D eigenvalue weighted by Crippen LogP contribution is -2.22. The fourth-order valence-electron chi connectivity index (χ4n) is 1.74. The van der Waals surface area contributed by atoms with Gasteiger partial charge in [-0.15, -0.1) is 0 Å². The molecule has 2 N–H and O–H groups in total. The molecule has 94 valence electrons. The molecule has 0 radical (unpaired) electrons. The smallest absolute Gasteiger partial charge is 0.335 e. The number of hydrogen-bond donors (Lipinski definition) is 2. The average Bonchev–Trinajstić information content (AvgIpc) is 2.37. The summed E-state index contributed by atoms with van der Waals surface area (Å²) in [7, 11) is 1.81. The van der Waals surface area contributed by atoms with Crippen LogP contribution in [0.2, 0.25) is 0 Å². The third kappa shape index (κ3) is 2.23. The molecule has 6 nitrogen and oxygen atoms in total. The Morgan fingerprint density at radius 1 is 1.39 bits per heavy atom. The second kappa shape index (κ2) is 4.97. The van der Waals surface area contributed by atoms with Crippen LogP contribution in [0.1, 0.15) is 10.4 Å². The Kier molecular flexibility index (Phi) is 3.38. The molecule has 18 heavy (non-hydrogen) atoms. The van der Waals surface area contributed by atoms with Crippen molar-refractivity contribution in [2.24, 2.45) is 0 Å². The van der Waals surface area contributed by atoms with Gasteiger partial charge in [0.1, 0.15) is 12.1 Å². The van der Waals surface area contributed by atoms with Crippen molar-refractivity contribution >= 4 is 22.7 Å². The van der Waals surface area contributed by atoms with Crippen LogP contribution in [0, 0.1) is 0 Å². The van der Waals surface area contributed by atoms with Crippen molar-refractivity contribution in [3.05, 3.63) is 30.1 Å². The van der Waals surface area contributed by atoms with Crippen molar-refractivity contribution in [1.29, 1.82) is 0 Å². The van der Waals surface area contributed by atoms with E-state index < -0.39 is 5.97 Å². The van der Waals surface area contributed by atoms with Gasteiger partial charge < -0.3 is 15.1 Å². The number of rotatable bonds is 4. The molecule has 0 aliphatic carbocycles. The van der Waals surface area contributed by atoms with Gasteiger partial charge in [-0.3, -0.25) is 0 Å². The highest BCUT2D eigenvalue weighted by atomic mass is 16.4. The second-order valence-corrected chi connectivity index (χ2v) is 3.88. The lowest BCUT2D eigenvalue weighted by molar-refractivity contribution is 0.0697. The van der Waals surface area contributed by atoms with Gasteiger partial charge in [-0.1, -0.05) is 0 Å². The Balaban J connectivity index is 2.53. The Labute approximate surface area is 104 Å². The molecule has 2 aromatic rings. The maximum atomic E-state index is 10.9. The Hall–Kier alpha value is -2.21. The van der Waals surface area contributed by atoms with E-state index in [0.717, 1.165) is 5.39 Å². The van der Waals surface area contributed by atoms with Crippen molar-refractivity contribution in [2.45, 2.75) is 0 Å². The number of benzene rings is 1. The first-order chi connectivity index (χ1) is 8.63. The zero-order valence-electron chi connectivity index (χ0n) is 9.87. The molecule has 1 aromatic heterocycles. The molecule has 1 aromatic carbocycles. The van der Waals surface area contributed by atoms with E-state index in [0.29, 0.717) is 17.9 Å². The van der Waals surface area contributed by atoms with Crippen LogP contribution >= 0.6 is 0 Å². The Morgan fingerprint density at radius 3 is 2.83 bits per heavy atom. The molecule has 0 amide bonds. The van der Waals surface area contributed by atoms with E-state index in [1.54, 1.807) is 11.0 Å². The summed E-state index contributed by atoms with van der Waals surface area (Å²) in [4.78, 5) is 20.9.